The highest BCUT2D eigenvalue weighted by molar-refractivity contribution is 5.99. The van der Waals surface area contributed by atoms with Gasteiger partial charge < -0.3 is 83.1 Å². The van der Waals surface area contributed by atoms with Crippen molar-refractivity contribution in [3.8, 4) is 5.75 Å². The predicted molar refractivity (Wildman–Crippen MR) is 242 cm³/mol. The second-order valence-electron chi connectivity index (χ2n) is 17.2. The van der Waals surface area contributed by atoms with Gasteiger partial charge in [0.1, 0.15) is 47.5 Å². The molecule has 0 unspecified atom stereocenters. The molecule has 0 aliphatic carbocycles. The minimum Gasteiger partial charge on any atom is -0.508 e. The third-order valence-electron chi connectivity index (χ3n) is 11.2. The average molecular weight is 1000 g/mol. The number of carbonyl (C=O) groups is 11. The normalized spacial score (nSPS) is 16.3. The van der Waals surface area contributed by atoms with Gasteiger partial charge in [-0.15, -0.1) is 0 Å². The van der Waals surface area contributed by atoms with E-state index in [0.717, 1.165) is 23.8 Å². The van der Waals surface area contributed by atoms with E-state index in [-0.39, 0.29) is 44.4 Å². The van der Waals surface area contributed by atoms with E-state index in [2.05, 4.69) is 41.9 Å². The van der Waals surface area contributed by atoms with E-state index in [9.17, 15) is 78.3 Å². The molecule has 0 spiro atoms. The lowest BCUT2D eigenvalue weighted by molar-refractivity contribution is -0.147. The quantitative estimate of drug-likeness (QED) is 0.0398. The molecule has 1 saturated heterocycles. The number of hydrogen-bond acceptors (Lipinski definition) is 16. The number of likely N-dealkylation sites (N-methyl/N-ethyl adjacent to an activating group) is 1. The number of benzene rings is 1. The number of carbonyl (C=O) groups excluding carboxylic acids is 8. The summed E-state index contributed by atoms with van der Waals surface area (Å²) in [6, 6.07) is -5.36. The molecule has 3 rings (SSSR count). The van der Waals surface area contributed by atoms with Gasteiger partial charge in [-0.05, 0) is 57.7 Å². The number of aliphatic hydroxyl groups excluding tert-OH is 2. The first-order chi connectivity index (χ1) is 33.2. The molecule has 28 heteroatoms. The number of phenolic OH excluding ortho intramolecular Hbond substituents is 1. The molecule has 0 bridgehead atoms. The molecule has 1 aliphatic rings. The maximum Gasteiger partial charge on any atom is 0.326 e. The number of nitrogens with one attached hydrogen (secondary N) is 7. The highest BCUT2D eigenvalue weighted by Gasteiger charge is 2.42. The molecule has 15 N–H and O–H groups in total. The lowest BCUT2D eigenvalue weighted by Crippen LogP contribution is -2.62. The van der Waals surface area contributed by atoms with Crippen LogP contribution in [0.5, 0.6) is 5.75 Å². The molecule has 390 valence electrons. The summed E-state index contributed by atoms with van der Waals surface area (Å²) in [6.45, 7) is 1.65. The molecule has 0 radical (unpaired) electrons. The number of likely N-dealkylation sites (tertiary alicyclic amines) is 1. The number of carboxylic acids is 3. The molecular formula is C43H61N11O17. The van der Waals surface area contributed by atoms with Crippen LogP contribution < -0.4 is 37.6 Å². The largest absolute Gasteiger partial charge is 0.508 e. The number of aliphatic hydroxyl groups is 2. The molecule has 1 aromatic heterocycles. The smallest absolute Gasteiger partial charge is 0.326 e. The van der Waals surface area contributed by atoms with Gasteiger partial charge in [0.15, 0.2) is 0 Å². The second-order valence-corrected chi connectivity index (χ2v) is 17.2. The van der Waals surface area contributed by atoms with Gasteiger partial charge in [0.05, 0.1) is 38.0 Å². The van der Waals surface area contributed by atoms with Gasteiger partial charge in [0.25, 0.3) is 0 Å². The topological polar surface area (TPSA) is 443 Å². The maximum atomic E-state index is 13.9. The molecule has 1 aliphatic heterocycles. The summed E-state index contributed by atoms with van der Waals surface area (Å²) >= 11 is 0. The van der Waals surface area contributed by atoms with Crippen molar-refractivity contribution in [3.05, 3.63) is 48.0 Å². The van der Waals surface area contributed by atoms with Crippen LogP contribution >= 0.6 is 0 Å². The predicted octanol–water partition coefficient (Wildman–Crippen LogP) is -5.21. The summed E-state index contributed by atoms with van der Waals surface area (Å²) in [4.78, 5) is 150. The minimum absolute atomic E-state index is 0.00339. The molecule has 28 nitrogen and oxygen atoms in total. The Morgan fingerprint density at radius 2 is 1.55 bits per heavy atom. The summed E-state index contributed by atoms with van der Waals surface area (Å²) in [7, 11) is 1.12. The van der Waals surface area contributed by atoms with Crippen molar-refractivity contribution < 1.29 is 83.4 Å². The van der Waals surface area contributed by atoms with Crippen molar-refractivity contribution >= 4 is 65.2 Å². The zero-order valence-electron chi connectivity index (χ0n) is 39.2. The second kappa shape index (κ2) is 26.3. The highest BCUT2D eigenvalue weighted by atomic mass is 16.4. The molecule has 2 aromatic rings. The van der Waals surface area contributed by atoms with E-state index in [1.165, 1.54) is 50.6 Å². The number of aromatic amines is 1. The number of rotatable bonds is 27. The first kappa shape index (κ1) is 57.6. The van der Waals surface area contributed by atoms with Crippen LogP contribution in [0.25, 0.3) is 0 Å². The first-order valence-electron chi connectivity index (χ1n) is 22.1. The summed E-state index contributed by atoms with van der Waals surface area (Å²) in [5.41, 5.74) is 4.69. The Morgan fingerprint density at radius 3 is 2.11 bits per heavy atom. The molecule has 71 heavy (non-hydrogen) atoms. The number of imidazole rings is 1. The minimum atomic E-state index is -1.80. The van der Waals surface area contributed by atoms with Crippen LogP contribution in [0.15, 0.2) is 36.8 Å². The number of aromatic nitrogens is 2. The number of aliphatic carboxylic acids is 3. The zero-order chi connectivity index (χ0) is 53.3. The molecular weight excluding hydrogens is 943 g/mol. The van der Waals surface area contributed by atoms with Gasteiger partial charge in [-0.2, -0.15) is 0 Å². The standard InChI is InChI=1S/C43H61N11O17/c1-21(56)34(51-36(64)29-6-5-13-54(29)40(68)27(16-33(61)62)50-42(71)43(2,3)52-35(63)25(44)11-12-32(59)60)38(66)46-18-31(58)48-26(15-23-17-45-20-47-23)39(67)53(4)30(19-55)37(65)49-28(41(69)70)14-22-7-9-24(57)10-8-22/h7-10,17,20-21,25-30,34,55-57H,5-6,11-16,18-19,44H2,1-4H3,(H,45,47)(H,46,66)(H,48,58)(H,49,65)(H,50,71)(H,51,64)(H,52,63)(H,59,60)(H,61,62)(H,69,70)/t21-,25+,26+,27+,28+,29+,30+,34+/m1/s1. The monoisotopic (exact) mass is 1000 g/mol. The zero-order valence-corrected chi connectivity index (χ0v) is 39.2. The van der Waals surface area contributed by atoms with Crippen LogP contribution in [0.3, 0.4) is 0 Å². The van der Waals surface area contributed by atoms with Crippen molar-refractivity contribution in [2.75, 3.05) is 26.7 Å². The molecule has 1 aromatic carbocycles. The Morgan fingerprint density at radius 1 is 0.887 bits per heavy atom. The summed E-state index contributed by atoms with van der Waals surface area (Å²) < 4.78 is 0. The number of nitrogens with two attached hydrogens (primary N) is 1. The number of nitrogens with zero attached hydrogens (tertiary/aromatic N) is 3. The third-order valence-corrected chi connectivity index (χ3v) is 11.2. The van der Waals surface area contributed by atoms with Crippen LogP contribution in [-0.2, 0) is 65.6 Å². The summed E-state index contributed by atoms with van der Waals surface area (Å²) in [6.07, 6.45) is -0.953. The fraction of sp³-hybridized carbons (Fsp3) is 0.535. The number of H-pyrrole nitrogens is 1. The van der Waals surface area contributed by atoms with E-state index in [0.29, 0.717) is 11.3 Å². The Labute approximate surface area is 405 Å². The first-order valence-corrected chi connectivity index (χ1v) is 22.1. The fourth-order valence-electron chi connectivity index (χ4n) is 7.19. The van der Waals surface area contributed by atoms with E-state index in [4.69, 9.17) is 10.8 Å². The lowest BCUT2D eigenvalue weighted by Gasteiger charge is -2.32. The Kier molecular flexibility index (Phi) is 21.3. The van der Waals surface area contributed by atoms with Crippen LogP contribution in [0.4, 0.5) is 0 Å². The van der Waals surface area contributed by atoms with Crippen LogP contribution in [0.1, 0.15) is 64.1 Å². The van der Waals surface area contributed by atoms with Crippen LogP contribution in [0.2, 0.25) is 0 Å². The van der Waals surface area contributed by atoms with Crippen molar-refractivity contribution in [2.45, 2.75) is 120 Å². The molecule has 2 heterocycles. The van der Waals surface area contributed by atoms with E-state index >= 15 is 0 Å². The molecule has 1 fully saturated rings. The fourth-order valence-corrected chi connectivity index (χ4v) is 7.19. The Hall–Kier alpha value is -7.72. The summed E-state index contributed by atoms with van der Waals surface area (Å²) in [5.74, 6) is -12.3. The van der Waals surface area contributed by atoms with Gasteiger partial charge in [0, 0.05) is 44.7 Å². The number of phenols is 1. The van der Waals surface area contributed by atoms with Crippen molar-refractivity contribution in [1.82, 2.24) is 51.7 Å². The lowest BCUT2D eigenvalue weighted by atomic mass is 10.0. The van der Waals surface area contributed by atoms with E-state index < -0.39 is 145 Å². The summed E-state index contributed by atoms with van der Waals surface area (Å²) in [5, 5.41) is 72.4. The van der Waals surface area contributed by atoms with Crippen molar-refractivity contribution in [3.63, 3.8) is 0 Å². The Bertz CT molecular complexity index is 2260. The SMILES string of the molecule is C[C@@H](O)[C@H](NC(=O)[C@@H]1CCCN1C(=O)[C@H](CC(=O)O)NC(=O)C(C)(C)NC(=O)[C@@H](N)CCC(=O)O)C(=O)NCC(=O)N[C@@H](Cc1cnc[nH]1)C(=O)N(C)[C@@H](CO)C(=O)N[C@@H](Cc1ccc(O)cc1)C(=O)O. The Balaban J connectivity index is 1.69. The van der Waals surface area contributed by atoms with Crippen LogP contribution in [0, 0.1) is 0 Å². The van der Waals surface area contributed by atoms with Gasteiger partial charge in [0.2, 0.25) is 47.3 Å². The van der Waals surface area contributed by atoms with E-state index in [1.54, 1.807) is 0 Å². The molecule has 8 amide bonds. The van der Waals surface area contributed by atoms with E-state index in [1.807, 2.05) is 0 Å². The van der Waals surface area contributed by atoms with Gasteiger partial charge in [-0.3, -0.25) is 47.9 Å². The van der Waals surface area contributed by atoms with Crippen LogP contribution in [-0.4, -0.2) is 196 Å². The van der Waals surface area contributed by atoms with Gasteiger partial charge in [-0.25, -0.2) is 9.78 Å². The van der Waals surface area contributed by atoms with Crippen molar-refractivity contribution in [1.29, 1.82) is 0 Å². The number of amides is 8. The maximum absolute atomic E-state index is 13.9. The highest BCUT2D eigenvalue weighted by Crippen LogP contribution is 2.21. The number of aromatic hydroxyl groups is 1. The van der Waals surface area contributed by atoms with Crippen molar-refractivity contribution in [2.24, 2.45) is 5.73 Å². The van der Waals surface area contributed by atoms with Gasteiger partial charge >= 0.3 is 17.9 Å². The number of carboxylic acid groups (broad SMARTS) is 3. The number of hydrogen-bond donors (Lipinski definition) is 14. The van der Waals surface area contributed by atoms with Gasteiger partial charge in [-0.1, -0.05) is 12.1 Å². The third kappa shape index (κ3) is 17.3. The average Bonchev–Trinajstić information content (AvgIpc) is 4.01. The molecule has 8 atom stereocenters. The molecule has 0 saturated carbocycles.